The summed E-state index contributed by atoms with van der Waals surface area (Å²) in [6.45, 7) is 4.91. The van der Waals surface area contributed by atoms with Gasteiger partial charge in [0.25, 0.3) is 11.8 Å². The summed E-state index contributed by atoms with van der Waals surface area (Å²) in [5.41, 5.74) is 5.75. The van der Waals surface area contributed by atoms with E-state index in [4.69, 9.17) is 0 Å². The quantitative estimate of drug-likeness (QED) is 0.497. The molecule has 2 amide bonds. The Hall–Kier alpha value is -3.78. The molecule has 0 aliphatic carbocycles. The highest BCUT2D eigenvalue weighted by atomic mass is 32.1. The molecule has 1 aromatic heterocycles. The van der Waals surface area contributed by atoms with Gasteiger partial charge < -0.3 is 15.1 Å². The molecule has 33 heavy (non-hydrogen) atoms. The van der Waals surface area contributed by atoms with E-state index in [1.54, 1.807) is 18.2 Å². The van der Waals surface area contributed by atoms with E-state index in [1.807, 2.05) is 60.4 Å². The minimum Gasteiger partial charge on any atom is -0.368 e. The van der Waals surface area contributed by atoms with Crippen LogP contribution in [0.5, 0.6) is 0 Å². The molecule has 0 unspecified atom stereocenters. The Kier molecular flexibility index (Phi) is 5.75. The summed E-state index contributed by atoms with van der Waals surface area (Å²) in [6.07, 6.45) is 0. The normalized spacial score (nSPS) is 13.8. The number of aryl methyl sites for hydroxylation is 1. The van der Waals surface area contributed by atoms with Gasteiger partial charge in [0.05, 0.1) is 11.7 Å². The highest BCUT2D eigenvalue weighted by Crippen LogP contribution is 2.21. The molecule has 1 N–H and O–H groups in total. The summed E-state index contributed by atoms with van der Waals surface area (Å²) in [4.78, 5) is 29.5. The van der Waals surface area contributed by atoms with Crippen molar-refractivity contribution < 1.29 is 9.59 Å². The first-order chi connectivity index (χ1) is 16.1. The zero-order valence-corrected chi connectivity index (χ0v) is 19.0. The van der Waals surface area contributed by atoms with Crippen molar-refractivity contribution in [2.24, 2.45) is 0 Å². The fourth-order valence-corrected chi connectivity index (χ4v) is 4.45. The van der Waals surface area contributed by atoms with Gasteiger partial charge in [0, 0.05) is 48.7 Å². The number of aromatic nitrogens is 2. The predicted molar refractivity (Wildman–Crippen MR) is 131 cm³/mol. The third-order valence-corrected chi connectivity index (χ3v) is 6.43. The van der Waals surface area contributed by atoms with Crippen molar-refractivity contribution in [3.8, 4) is 0 Å². The Morgan fingerprint density at radius 2 is 1.48 bits per heavy atom. The van der Waals surface area contributed by atoms with Gasteiger partial charge in [0.15, 0.2) is 0 Å². The molecule has 8 heteroatoms. The molecule has 0 saturated carbocycles. The standard InChI is InChI=1S/C25H23N5O2S/c1-17-2-4-18(5-3-17)25(32)30-14-12-29(13-15-30)21-9-7-20(8-10-21)26-24(31)19-6-11-22-23(16-19)28-33-27-22/h2-11,16H,12-15H2,1H3,(H,26,31). The largest absolute Gasteiger partial charge is 0.368 e. The second-order valence-electron chi connectivity index (χ2n) is 8.11. The number of hydrogen-bond donors (Lipinski definition) is 1. The van der Waals surface area contributed by atoms with Crippen molar-refractivity contribution in [1.29, 1.82) is 0 Å². The first-order valence-electron chi connectivity index (χ1n) is 10.8. The maximum atomic E-state index is 12.7. The van der Waals surface area contributed by atoms with E-state index in [0.29, 0.717) is 18.7 Å². The molecular formula is C25H23N5O2S. The molecule has 0 bridgehead atoms. The van der Waals surface area contributed by atoms with Gasteiger partial charge in [-0.15, -0.1) is 0 Å². The van der Waals surface area contributed by atoms with Crippen molar-refractivity contribution in [2.75, 3.05) is 36.4 Å². The number of benzene rings is 3. The van der Waals surface area contributed by atoms with Crippen molar-refractivity contribution in [3.05, 3.63) is 83.4 Å². The van der Waals surface area contributed by atoms with Crippen molar-refractivity contribution in [1.82, 2.24) is 13.6 Å². The Bertz CT molecular complexity index is 1290. The average Bonchev–Trinajstić information content (AvgIpc) is 3.33. The number of carbonyl (C=O) groups excluding carboxylic acids is 2. The van der Waals surface area contributed by atoms with Crippen LogP contribution in [-0.2, 0) is 0 Å². The predicted octanol–water partition coefficient (Wildman–Crippen LogP) is 4.21. The highest BCUT2D eigenvalue weighted by Gasteiger charge is 2.22. The van der Waals surface area contributed by atoms with Crippen LogP contribution in [0.4, 0.5) is 11.4 Å². The minimum absolute atomic E-state index is 0.0827. The van der Waals surface area contributed by atoms with Crippen LogP contribution in [-0.4, -0.2) is 51.6 Å². The van der Waals surface area contributed by atoms with Gasteiger partial charge in [-0.05, 0) is 61.5 Å². The second kappa shape index (κ2) is 8.99. The van der Waals surface area contributed by atoms with E-state index in [0.717, 1.165) is 58.4 Å². The van der Waals surface area contributed by atoms with Gasteiger partial charge in [0.1, 0.15) is 11.0 Å². The molecule has 7 nitrogen and oxygen atoms in total. The lowest BCUT2D eigenvalue weighted by Crippen LogP contribution is -2.48. The van der Waals surface area contributed by atoms with E-state index in [1.165, 1.54) is 0 Å². The lowest BCUT2D eigenvalue weighted by Gasteiger charge is -2.36. The monoisotopic (exact) mass is 457 g/mol. The van der Waals surface area contributed by atoms with Crippen LogP contribution >= 0.6 is 11.7 Å². The van der Waals surface area contributed by atoms with Gasteiger partial charge in [-0.3, -0.25) is 9.59 Å². The summed E-state index contributed by atoms with van der Waals surface area (Å²) in [5.74, 6) is -0.0970. The maximum absolute atomic E-state index is 12.7. The van der Waals surface area contributed by atoms with Crippen molar-refractivity contribution in [2.45, 2.75) is 6.92 Å². The number of anilines is 2. The van der Waals surface area contributed by atoms with Crippen LogP contribution in [0.1, 0.15) is 26.3 Å². The number of nitrogens with zero attached hydrogens (tertiary/aromatic N) is 4. The maximum Gasteiger partial charge on any atom is 0.255 e. The Labute approximate surface area is 196 Å². The molecule has 1 fully saturated rings. The molecule has 0 radical (unpaired) electrons. The van der Waals surface area contributed by atoms with Gasteiger partial charge in [-0.2, -0.15) is 8.75 Å². The number of rotatable bonds is 4. The number of fused-ring (bicyclic) bond motifs is 1. The fourth-order valence-electron chi connectivity index (χ4n) is 3.93. The summed E-state index contributed by atoms with van der Waals surface area (Å²) in [5, 5.41) is 2.93. The third-order valence-electron chi connectivity index (χ3n) is 5.87. The van der Waals surface area contributed by atoms with Crippen LogP contribution in [0.2, 0.25) is 0 Å². The lowest BCUT2D eigenvalue weighted by atomic mass is 10.1. The van der Waals surface area contributed by atoms with Gasteiger partial charge in [-0.1, -0.05) is 17.7 Å². The van der Waals surface area contributed by atoms with Gasteiger partial charge in [0.2, 0.25) is 0 Å². The van der Waals surface area contributed by atoms with Crippen molar-refractivity contribution >= 4 is 46.0 Å². The molecule has 0 atom stereocenters. The molecule has 1 aliphatic rings. The molecule has 3 aromatic carbocycles. The molecule has 5 rings (SSSR count). The summed E-state index contributed by atoms with van der Waals surface area (Å²) < 4.78 is 8.35. The third kappa shape index (κ3) is 4.56. The van der Waals surface area contributed by atoms with Crippen LogP contribution < -0.4 is 10.2 Å². The topological polar surface area (TPSA) is 78.4 Å². The Balaban J connectivity index is 1.18. The summed E-state index contributed by atoms with van der Waals surface area (Å²) in [6, 6.07) is 20.8. The molecule has 166 valence electrons. The molecular weight excluding hydrogens is 434 g/mol. The summed E-state index contributed by atoms with van der Waals surface area (Å²) in [7, 11) is 0. The summed E-state index contributed by atoms with van der Waals surface area (Å²) >= 11 is 1.14. The molecule has 1 saturated heterocycles. The second-order valence-corrected chi connectivity index (χ2v) is 8.64. The fraction of sp³-hybridized carbons (Fsp3) is 0.200. The molecule has 4 aromatic rings. The SMILES string of the molecule is Cc1ccc(C(=O)N2CCN(c3ccc(NC(=O)c4ccc5nsnc5c4)cc3)CC2)cc1. The van der Waals surface area contributed by atoms with Gasteiger partial charge in [-0.25, -0.2) is 0 Å². The zero-order chi connectivity index (χ0) is 22.8. The first kappa shape index (κ1) is 21.1. The number of nitrogens with one attached hydrogen (secondary N) is 1. The van der Waals surface area contributed by atoms with E-state index < -0.39 is 0 Å². The van der Waals surface area contributed by atoms with Gasteiger partial charge >= 0.3 is 0 Å². The zero-order valence-electron chi connectivity index (χ0n) is 18.2. The van der Waals surface area contributed by atoms with Crippen LogP contribution in [0, 0.1) is 6.92 Å². The highest BCUT2D eigenvalue weighted by molar-refractivity contribution is 7.00. The minimum atomic E-state index is -0.180. The smallest absolute Gasteiger partial charge is 0.255 e. The number of hydrogen-bond acceptors (Lipinski definition) is 6. The lowest BCUT2D eigenvalue weighted by molar-refractivity contribution is 0.0746. The number of carbonyl (C=O) groups is 2. The molecule has 0 spiro atoms. The first-order valence-corrected chi connectivity index (χ1v) is 11.5. The van der Waals surface area contributed by atoms with E-state index in [9.17, 15) is 9.59 Å². The van der Waals surface area contributed by atoms with E-state index in [-0.39, 0.29) is 11.8 Å². The van der Waals surface area contributed by atoms with E-state index >= 15 is 0 Å². The van der Waals surface area contributed by atoms with Crippen LogP contribution in [0.3, 0.4) is 0 Å². The van der Waals surface area contributed by atoms with Crippen LogP contribution in [0.15, 0.2) is 66.7 Å². The number of amides is 2. The molecule has 1 aliphatic heterocycles. The van der Waals surface area contributed by atoms with Crippen molar-refractivity contribution in [3.63, 3.8) is 0 Å². The van der Waals surface area contributed by atoms with Crippen LogP contribution in [0.25, 0.3) is 11.0 Å². The Morgan fingerprint density at radius 3 is 2.21 bits per heavy atom. The average molecular weight is 458 g/mol. The molecule has 2 heterocycles. The number of piperazine rings is 1. The Morgan fingerprint density at radius 1 is 0.818 bits per heavy atom. The van der Waals surface area contributed by atoms with E-state index in [2.05, 4.69) is 19.0 Å².